The van der Waals surface area contributed by atoms with Gasteiger partial charge in [-0.1, -0.05) is 6.92 Å². The van der Waals surface area contributed by atoms with Gasteiger partial charge in [0, 0.05) is 92.3 Å². The number of aromatic nitrogens is 4. The summed E-state index contributed by atoms with van der Waals surface area (Å²) in [6, 6.07) is 8.17. The van der Waals surface area contributed by atoms with Crippen molar-refractivity contribution in [2.75, 3.05) is 26.2 Å². The third-order valence-corrected chi connectivity index (χ3v) is 11.7. The number of piperidine rings is 2. The lowest BCUT2D eigenvalue weighted by atomic mass is 9.88. The SMILES string of the molecule is CC1CCN(S(=O)(=O)N2C[C@@H]3C(N4C(=O)C(Cc5cnc[nH]5)(Cc5cnc[nH]5)N/C4=C\C(=O)c4ccc(C#N)cc4)[C@@H]3C2)CC1. The van der Waals surface area contributed by atoms with Crippen molar-refractivity contribution in [1.29, 1.82) is 5.26 Å². The number of benzene rings is 1. The van der Waals surface area contributed by atoms with Crippen molar-refractivity contribution < 1.29 is 18.0 Å². The molecule has 3 aromatic rings. The lowest BCUT2D eigenvalue weighted by Gasteiger charge is -2.33. The molecule has 14 heteroatoms. The number of fused-ring (bicyclic) bond motifs is 1. The Bertz CT molecular complexity index is 1710. The maximum atomic E-state index is 14.6. The van der Waals surface area contributed by atoms with Gasteiger partial charge >= 0.3 is 0 Å². The number of allylic oxidation sites excluding steroid dienone is 1. The smallest absolute Gasteiger partial charge is 0.281 e. The van der Waals surface area contributed by atoms with Gasteiger partial charge in [-0.15, -0.1) is 0 Å². The summed E-state index contributed by atoms with van der Waals surface area (Å²) in [6.07, 6.45) is 10.2. The Balaban J connectivity index is 1.19. The highest BCUT2D eigenvalue weighted by Gasteiger charge is 2.66. The number of carbonyl (C=O) groups is 2. The molecule has 1 amide bonds. The summed E-state index contributed by atoms with van der Waals surface area (Å²) in [5, 5.41) is 12.6. The van der Waals surface area contributed by atoms with E-state index < -0.39 is 15.7 Å². The Hall–Kier alpha value is -4.32. The monoisotopic (exact) mass is 629 g/mol. The summed E-state index contributed by atoms with van der Waals surface area (Å²) < 4.78 is 30.1. The first-order chi connectivity index (χ1) is 21.7. The highest BCUT2D eigenvalue weighted by Crippen LogP contribution is 2.53. The standard InChI is InChI=1S/C31H35N9O4S/c1-20-6-8-38(9-7-20)45(43,44)39-16-25-26(17-39)29(25)40-28(10-27(41)22-4-2-21(13-32)3-5-22)37-31(30(40)42,11-23-14-33-18-35-23)12-24-15-34-19-36-24/h2-5,10,14-15,18-20,25-26,29,37H,6-9,11-12,16-17H2,1H3,(H,33,35)(H,34,36)/b28-10+/t25-,26+,29?. The van der Waals surface area contributed by atoms with E-state index in [1.165, 1.54) is 6.08 Å². The van der Waals surface area contributed by atoms with E-state index in [9.17, 15) is 23.3 Å². The van der Waals surface area contributed by atoms with Crippen molar-refractivity contribution in [2.45, 2.75) is 44.2 Å². The molecule has 1 aliphatic carbocycles. The lowest BCUT2D eigenvalue weighted by molar-refractivity contribution is -0.132. The van der Waals surface area contributed by atoms with Gasteiger partial charge in [-0.2, -0.15) is 22.3 Å². The van der Waals surface area contributed by atoms with E-state index in [1.54, 1.807) is 62.8 Å². The zero-order valence-electron chi connectivity index (χ0n) is 24.9. The number of aromatic amines is 2. The second kappa shape index (κ2) is 11.2. The molecule has 13 nitrogen and oxygen atoms in total. The Morgan fingerprint density at radius 1 is 1.02 bits per heavy atom. The van der Waals surface area contributed by atoms with Gasteiger partial charge in [0.05, 0.1) is 24.3 Å². The van der Waals surface area contributed by atoms with Crippen LogP contribution in [0.2, 0.25) is 0 Å². The molecule has 0 bridgehead atoms. The number of ketones is 1. The van der Waals surface area contributed by atoms with Crippen LogP contribution in [-0.4, -0.2) is 91.3 Å². The van der Waals surface area contributed by atoms with E-state index >= 15 is 0 Å². The van der Waals surface area contributed by atoms with Crippen LogP contribution < -0.4 is 5.32 Å². The number of rotatable bonds is 9. The largest absolute Gasteiger partial charge is 0.356 e. The molecule has 7 rings (SSSR count). The van der Waals surface area contributed by atoms with Crippen molar-refractivity contribution in [3.63, 3.8) is 0 Å². The number of amides is 1. The molecule has 1 saturated carbocycles. The van der Waals surface area contributed by atoms with E-state index in [-0.39, 0.29) is 42.4 Å². The first-order valence-electron chi connectivity index (χ1n) is 15.3. The minimum absolute atomic E-state index is 0.0437. The molecule has 2 aromatic heterocycles. The molecule has 1 unspecified atom stereocenters. The number of nitrogens with one attached hydrogen (secondary N) is 3. The molecule has 3 N–H and O–H groups in total. The van der Waals surface area contributed by atoms with Crippen LogP contribution in [0.3, 0.4) is 0 Å². The number of hydrogen-bond donors (Lipinski definition) is 3. The Morgan fingerprint density at radius 2 is 1.62 bits per heavy atom. The van der Waals surface area contributed by atoms with Gasteiger partial charge in [0.15, 0.2) is 5.78 Å². The Labute approximate surface area is 261 Å². The van der Waals surface area contributed by atoms with E-state index in [0.717, 1.165) is 24.2 Å². The summed E-state index contributed by atoms with van der Waals surface area (Å²) in [6.45, 7) is 3.87. The molecule has 5 heterocycles. The number of nitriles is 1. The topological polar surface area (TPSA) is 171 Å². The third kappa shape index (κ3) is 5.34. The normalized spacial score (nSPS) is 26.1. The highest BCUT2D eigenvalue weighted by molar-refractivity contribution is 7.86. The maximum Gasteiger partial charge on any atom is 0.281 e. The van der Waals surface area contributed by atoms with Crippen LogP contribution in [0.1, 0.15) is 47.1 Å². The molecule has 3 aliphatic heterocycles. The second-order valence-electron chi connectivity index (χ2n) is 12.7. The number of carbonyl (C=O) groups excluding carboxylic acids is 2. The van der Waals surface area contributed by atoms with Crippen LogP contribution in [-0.2, 0) is 27.8 Å². The zero-order valence-corrected chi connectivity index (χ0v) is 25.7. The Morgan fingerprint density at radius 3 is 2.16 bits per heavy atom. The summed E-state index contributed by atoms with van der Waals surface area (Å²) in [7, 11) is -3.58. The predicted molar refractivity (Wildman–Crippen MR) is 162 cm³/mol. The molecular weight excluding hydrogens is 594 g/mol. The predicted octanol–water partition coefficient (Wildman–Crippen LogP) is 1.59. The van der Waals surface area contributed by atoms with E-state index in [2.05, 4.69) is 38.2 Å². The van der Waals surface area contributed by atoms with Gasteiger partial charge < -0.3 is 15.3 Å². The summed E-state index contributed by atoms with van der Waals surface area (Å²) >= 11 is 0. The Kier molecular flexibility index (Phi) is 7.34. The molecule has 1 aromatic carbocycles. The van der Waals surface area contributed by atoms with Crippen molar-refractivity contribution >= 4 is 21.9 Å². The van der Waals surface area contributed by atoms with Gasteiger partial charge in [-0.05, 0) is 43.0 Å². The lowest BCUT2D eigenvalue weighted by Crippen LogP contribution is -2.51. The fourth-order valence-electron chi connectivity index (χ4n) is 7.14. The average molecular weight is 630 g/mol. The highest BCUT2D eigenvalue weighted by atomic mass is 32.2. The molecule has 45 heavy (non-hydrogen) atoms. The number of hydrogen-bond acceptors (Lipinski definition) is 8. The van der Waals surface area contributed by atoms with Gasteiger partial charge in [0.2, 0.25) is 0 Å². The third-order valence-electron chi connectivity index (χ3n) is 9.72. The number of imidazole rings is 2. The van der Waals surface area contributed by atoms with E-state index in [4.69, 9.17) is 0 Å². The van der Waals surface area contributed by atoms with E-state index in [1.807, 2.05) is 0 Å². The van der Waals surface area contributed by atoms with E-state index in [0.29, 0.717) is 49.0 Å². The van der Waals surface area contributed by atoms with Crippen molar-refractivity contribution in [2.24, 2.45) is 17.8 Å². The van der Waals surface area contributed by atoms with Gasteiger partial charge in [0.25, 0.3) is 16.1 Å². The minimum Gasteiger partial charge on any atom is -0.356 e. The van der Waals surface area contributed by atoms with Gasteiger partial charge in [0.1, 0.15) is 11.4 Å². The molecule has 234 valence electrons. The summed E-state index contributed by atoms with van der Waals surface area (Å²) in [5.74, 6) is 0.308. The van der Waals surface area contributed by atoms with Gasteiger partial charge in [-0.25, -0.2) is 9.97 Å². The average Bonchev–Trinajstić information content (AvgIpc) is 3.64. The zero-order chi connectivity index (χ0) is 31.3. The summed E-state index contributed by atoms with van der Waals surface area (Å²) in [5.41, 5.74) is 1.18. The van der Waals surface area contributed by atoms with Crippen LogP contribution in [0.5, 0.6) is 0 Å². The number of H-pyrrole nitrogens is 2. The first kappa shape index (κ1) is 29.4. The fourth-order valence-corrected chi connectivity index (χ4v) is 8.86. The minimum atomic E-state index is -3.58. The number of nitrogens with zero attached hydrogens (tertiary/aromatic N) is 6. The van der Waals surface area contributed by atoms with Crippen molar-refractivity contribution in [3.05, 3.63) is 83.7 Å². The quantitative estimate of drug-likeness (QED) is 0.237. The molecule has 3 saturated heterocycles. The molecule has 4 aliphatic rings. The van der Waals surface area contributed by atoms with Crippen LogP contribution in [0.4, 0.5) is 0 Å². The van der Waals surface area contributed by atoms with Crippen LogP contribution in [0.25, 0.3) is 0 Å². The van der Waals surface area contributed by atoms with Crippen molar-refractivity contribution in [3.8, 4) is 6.07 Å². The summed E-state index contributed by atoms with van der Waals surface area (Å²) in [4.78, 5) is 44.3. The fraction of sp³-hybridized carbons (Fsp3) is 0.452. The van der Waals surface area contributed by atoms with Crippen LogP contribution in [0, 0.1) is 29.1 Å². The molecular formula is C31H35N9O4S. The van der Waals surface area contributed by atoms with Crippen LogP contribution in [0.15, 0.2) is 61.2 Å². The van der Waals surface area contributed by atoms with Gasteiger partial charge in [-0.3, -0.25) is 14.5 Å². The molecule has 0 radical (unpaired) electrons. The maximum absolute atomic E-state index is 14.6. The molecule has 3 atom stereocenters. The molecule has 4 fully saturated rings. The van der Waals surface area contributed by atoms with Crippen molar-refractivity contribution in [1.82, 2.24) is 38.8 Å². The molecule has 0 spiro atoms. The second-order valence-corrected chi connectivity index (χ2v) is 14.6. The first-order valence-corrected chi connectivity index (χ1v) is 16.7. The van der Waals surface area contributed by atoms with Crippen LogP contribution >= 0.6 is 0 Å².